The first-order valence-electron chi connectivity index (χ1n) is 9.86. The molecule has 0 aliphatic heterocycles. The van der Waals surface area contributed by atoms with Crippen LogP contribution in [0.2, 0.25) is 0 Å². The smallest absolute Gasteiger partial charge is 0.490 e. The van der Waals surface area contributed by atoms with Crippen LogP contribution in [0.4, 0.5) is 18.0 Å². The molecule has 0 spiro atoms. The number of carbonyl (C=O) groups is 2. The van der Waals surface area contributed by atoms with Crippen LogP contribution >= 0.6 is 0 Å². The molecule has 5 N–H and O–H groups in total. The van der Waals surface area contributed by atoms with E-state index in [-0.39, 0.29) is 11.6 Å². The van der Waals surface area contributed by atoms with E-state index in [1.165, 1.54) is 0 Å². The van der Waals surface area contributed by atoms with E-state index in [9.17, 15) is 18.0 Å². The molecule has 1 aliphatic rings. The number of benzene rings is 2. The van der Waals surface area contributed by atoms with E-state index in [1.54, 1.807) is 0 Å². The zero-order valence-corrected chi connectivity index (χ0v) is 17.1. The number of hydrogen-bond acceptors (Lipinski definition) is 4. The molecule has 10 heteroatoms. The minimum Gasteiger partial charge on any atom is -0.493 e. The normalized spacial score (nSPS) is 15.0. The SMILES string of the molecule is NC1(c2ccccc2OCCC(Cc2ccccc2)NC(=O)O)CC1.O=C(O)C(F)(F)F. The van der Waals surface area contributed by atoms with Crippen LogP contribution in [0.15, 0.2) is 54.6 Å². The molecule has 0 aromatic heterocycles. The highest BCUT2D eigenvalue weighted by atomic mass is 19.4. The number of nitrogens with two attached hydrogens (primary N) is 1. The van der Waals surface area contributed by atoms with Gasteiger partial charge in [-0.3, -0.25) is 0 Å². The Balaban J connectivity index is 0.000000451. The highest BCUT2D eigenvalue weighted by Gasteiger charge is 2.42. The number of ether oxygens (including phenoxy) is 1. The summed E-state index contributed by atoms with van der Waals surface area (Å²) in [6.07, 6.45) is -2.92. The first-order chi connectivity index (χ1) is 15.0. The van der Waals surface area contributed by atoms with Gasteiger partial charge in [0.05, 0.1) is 6.61 Å². The Bertz CT molecular complexity index is 902. The molecule has 7 nitrogen and oxygen atoms in total. The van der Waals surface area contributed by atoms with Gasteiger partial charge in [-0.2, -0.15) is 13.2 Å². The summed E-state index contributed by atoms with van der Waals surface area (Å²) in [7, 11) is 0. The van der Waals surface area contributed by atoms with Gasteiger partial charge in [0.15, 0.2) is 0 Å². The maximum absolute atomic E-state index is 11.1. The summed E-state index contributed by atoms with van der Waals surface area (Å²) in [5.41, 5.74) is 8.19. The van der Waals surface area contributed by atoms with E-state index in [0.717, 1.165) is 29.7 Å². The van der Waals surface area contributed by atoms with Gasteiger partial charge in [-0.05, 0) is 30.9 Å². The lowest BCUT2D eigenvalue weighted by molar-refractivity contribution is -0.192. The highest BCUT2D eigenvalue weighted by molar-refractivity contribution is 5.73. The number of amides is 1. The van der Waals surface area contributed by atoms with Crippen LogP contribution in [-0.4, -0.2) is 41.1 Å². The molecule has 1 unspecified atom stereocenters. The summed E-state index contributed by atoms with van der Waals surface area (Å²) in [6, 6.07) is 17.5. The van der Waals surface area contributed by atoms with Crippen LogP contribution in [0.5, 0.6) is 5.75 Å². The van der Waals surface area contributed by atoms with Crippen LogP contribution in [0.3, 0.4) is 0 Å². The number of hydrogen-bond donors (Lipinski definition) is 4. The van der Waals surface area contributed by atoms with Crippen molar-refractivity contribution >= 4 is 12.1 Å². The second kappa shape index (κ2) is 10.9. The topological polar surface area (TPSA) is 122 Å². The fourth-order valence-electron chi connectivity index (χ4n) is 3.02. The molecular formula is C22H25F3N2O5. The Morgan fingerprint density at radius 1 is 1.06 bits per heavy atom. The molecule has 32 heavy (non-hydrogen) atoms. The first kappa shape index (κ1) is 25.0. The molecule has 1 amide bonds. The molecule has 2 aromatic carbocycles. The maximum atomic E-state index is 11.1. The fourth-order valence-corrected chi connectivity index (χ4v) is 3.02. The number of carboxylic acids is 1. The summed E-state index contributed by atoms with van der Waals surface area (Å²) in [4.78, 5) is 20.0. The predicted molar refractivity (Wildman–Crippen MR) is 110 cm³/mol. The summed E-state index contributed by atoms with van der Waals surface area (Å²) >= 11 is 0. The van der Waals surface area contributed by atoms with Crippen molar-refractivity contribution in [3.63, 3.8) is 0 Å². The third-order valence-corrected chi connectivity index (χ3v) is 4.83. The third-order valence-electron chi connectivity index (χ3n) is 4.83. The highest BCUT2D eigenvalue weighted by Crippen LogP contribution is 2.46. The average molecular weight is 454 g/mol. The van der Waals surface area contributed by atoms with Gasteiger partial charge >= 0.3 is 18.2 Å². The van der Waals surface area contributed by atoms with Crippen LogP contribution in [-0.2, 0) is 16.8 Å². The maximum Gasteiger partial charge on any atom is 0.490 e. The van der Waals surface area contributed by atoms with Gasteiger partial charge in [-0.15, -0.1) is 0 Å². The van der Waals surface area contributed by atoms with Gasteiger partial charge in [-0.1, -0.05) is 48.5 Å². The van der Waals surface area contributed by atoms with E-state index in [2.05, 4.69) is 5.32 Å². The molecule has 1 aliphatic carbocycles. The first-order valence-corrected chi connectivity index (χ1v) is 9.86. The lowest BCUT2D eigenvalue weighted by atomic mass is 10.0. The lowest BCUT2D eigenvalue weighted by Crippen LogP contribution is -2.36. The van der Waals surface area contributed by atoms with Crippen molar-refractivity contribution in [1.29, 1.82) is 0 Å². The van der Waals surface area contributed by atoms with Gasteiger partial charge in [0, 0.05) is 23.6 Å². The van der Waals surface area contributed by atoms with Crippen molar-refractivity contribution < 1.29 is 37.7 Å². The summed E-state index contributed by atoms with van der Waals surface area (Å²) in [5, 5.41) is 18.8. The molecule has 0 radical (unpaired) electrons. The van der Waals surface area contributed by atoms with E-state index >= 15 is 0 Å². The zero-order valence-electron chi connectivity index (χ0n) is 17.1. The van der Waals surface area contributed by atoms with Crippen LogP contribution < -0.4 is 15.8 Å². The van der Waals surface area contributed by atoms with E-state index in [4.69, 9.17) is 25.5 Å². The van der Waals surface area contributed by atoms with Crippen LogP contribution in [0.25, 0.3) is 0 Å². The summed E-state index contributed by atoms with van der Waals surface area (Å²) in [6.45, 7) is 0.435. The lowest BCUT2D eigenvalue weighted by Gasteiger charge is -2.19. The molecule has 1 fully saturated rings. The average Bonchev–Trinajstić information content (AvgIpc) is 3.47. The molecule has 3 rings (SSSR count). The van der Waals surface area contributed by atoms with Gasteiger partial charge in [0.1, 0.15) is 5.75 Å². The molecule has 0 heterocycles. The largest absolute Gasteiger partial charge is 0.493 e. The number of aliphatic carboxylic acids is 1. The minimum atomic E-state index is -5.08. The van der Waals surface area contributed by atoms with Gasteiger partial charge in [0.2, 0.25) is 0 Å². The molecule has 1 atom stereocenters. The van der Waals surface area contributed by atoms with Crippen LogP contribution in [0, 0.1) is 0 Å². The standard InChI is InChI=1S/C20H24N2O3.C2HF3O2/c21-20(11-12-20)17-8-4-5-9-18(17)25-13-10-16(22-19(23)24)14-15-6-2-1-3-7-15;3-2(4,5)1(6)7/h1-9,16,22H,10-14,21H2,(H,23,24);(H,6,7). The number of carboxylic acid groups (broad SMARTS) is 2. The Hall–Kier alpha value is -3.27. The molecule has 0 bridgehead atoms. The Labute approximate surface area is 183 Å². The Morgan fingerprint density at radius 2 is 1.62 bits per heavy atom. The summed E-state index contributed by atoms with van der Waals surface area (Å²) in [5.74, 6) is -1.95. The fraction of sp³-hybridized carbons (Fsp3) is 0.364. The Kier molecular flexibility index (Phi) is 8.48. The number of rotatable bonds is 8. The second-order valence-corrected chi connectivity index (χ2v) is 7.43. The molecule has 1 saturated carbocycles. The molecular weight excluding hydrogens is 429 g/mol. The van der Waals surface area contributed by atoms with Crippen molar-refractivity contribution in [3.05, 3.63) is 65.7 Å². The van der Waals surface area contributed by atoms with Crippen molar-refractivity contribution in [2.75, 3.05) is 6.61 Å². The number of alkyl halides is 3. The van der Waals surface area contributed by atoms with Gasteiger partial charge < -0.3 is 26.0 Å². The second-order valence-electron chi connectivity index (χ2n) is 7.43. The Morgan fingerprint density at radius 3 is 2.16 bits per heavy atom. The van der Waals surface area contributed by atoms with Crippen molar-refractivity contribution in [1.82, 2.24) is 5.32 Å². The van der Waals surface area contributed by atoms with Gasteiger partial charge in [0.25, 0.3) is 0 Å². The number of para-hydroxylation sites is 1. The zero-order chi connectivity index (χ0) is 23.8. The quantitative estimate of drug-likeness (QED) is 0.480. The van der Waals surface area contributed by atoms with E-state index in [0.29, 0.717) is 19.4 Å². The molecule has 174 valence electrons. The van der Waals surface area contributed by atoms with Crippen LogP contribution in [0.1, 0.15) is 30.4 Å². The summed E-state index contributed by atoms with van der Waals surface area (Å²) < 4.78 is 37.7. The minimum absolute atomic E-state index is 0.195. The molecule has 2 aromatic rings. The van der Waals surface area contributed by atoms with Crippen molar-refractivity contribution in [2.24, 2.45) is 5.73 Å². The number of halogens is 3. The third kappa shape index (κ3) is 8.10. The van der Waals surface area contributed by atoms with E-state index < -0.39 is 18.2 Å². The van der Waals surface area contributed by atoms with Crippen molar-refractivity contribution in [3.8, 4) is 5.75 Å². The number of nitrogens with one attached hydrogen (secondary N) is 1. The predicted octanol–water partition coefficient (Wildman–Crippen LogP) is 3.92. The van der Waals surface area contributed by atoms with Gasteiger partial charge in [-0.25, -0.2) is 9.59 Å². The molecule has 0 saturated heterocycles. The van der Waals surface area contributed by atoms with Crippen molar-refractivity contribution in [2.45, 2.75) is 43.4 Å². The monoisotopic (exact) mass is 454 g/mol. The van der Waals surface area contributed by atoms with E-state index in [1.807, 2.05) is 54.6 Å².